The fourth-order valence-electron chi connectivity index (χ4n) is 3.36. The molecule has 1 aliphatic rings. The summed E-state index contributed by atoms with van der Waals surface area (Å²) in [4.78, 5) is 4.86. The minimum Gasteiger partial charge on any atom is -0.328 e. The summed E-state index contributed by atoms with van der Waals surface area (Å²) >= 11 is 0. The first-order valence-corrected chi connectivity index (χ1v) is 7.47. The lowest BCUT2D eigenvalue weighted by molar-refractivity contribution is 0.348. The maximum absolute atomic E-state index is 4.86. The molecule has 2 aromatic rings. The van der Waals surface area contributed by atoms with E-state index in [2.05, 4.69) is 48.0 Å². The molecule has 102 valence electrons. The van der Waals surface area contributed by atoms with E-state index in [4.69, 9.17) is 4.98 Å². The van der Waals surface area contributed by atoms with Crippen LogP contribution in [0.25, 0.3) is 11.0 Å². The summed E-state index contributed by atoms with van der Waals surface area (Å²) in [7, 11) is 0. The van der Waals surface area contributed by atoms with E-state index in [1.807, 2.05) is 0 Å². The molecule has 3 nitrogen and oxygen atoms in total. The number of hydrogen-bond donors (Lipinski definition) is 1. The number of aromatic nitrogens is 2. The molecule has 1 fully saturated rings. The molecule has 0 amide bonds. The molecule has 1 atom stereocenters. The van der Waals surface area contributed by atoms with Crippen molar-refractivity contribution in [1.82, 2.24) is 14.9 Å². The summed E-state index contributed by atoms with van der Waals surface area (Å²) < 4.78 is 2.37. The van der Waals surface area contributed by atoms with Crippen LogP contribution in [0.4, 0.5) is 0 Å². The van der Waals surface area contributed by atoms with Gasteiger partial charge in [0.25, 0.3) is 0 Å². The Labute approximate surface area is 115 Å². The number of fused-ring (bicyclic) bond motifs is 1. The van der Waals surface area contributed by atoms with E-state index in [9.17, 15) is 0 Å². The molecule has 1 aromatic carbocycles. The molecule has 0 saturated carbocycles. The third-order valence-electron chi connectivity index (χ3n) is 4.56. The van der Waals surface area contributed by atoms with Gasteiger partial charge in [0, 0.05) is 18.5 Å². The van der Waals surface area contributed by atoms with Crippen LogP contribution in [0.2, 0.25) is 0 Å². The Kier molecular flexibility index (Phi) is 3.31. The smallest absolute Gasteiger partial charge is 0.111 e. The summed E-state index contributed by atoms with van der Waals surface area (Å²) in [5.41, 5.74) is 2.67. The Morgan fingerprint density at radius 3 is 2.84 bits per heavy atom. The molecule has 1 saturated heterocycles. The van der Waals surface area contributed by atoms with Crippen LogP contribution < -0.4 is 5.32 Å². The van der Waals surface area contributed by atoms with E-state index in [-0.39, 0.29) is 5.54 Å². The van der Waals surface area contributed by atoms with E-state index < -0.39 is 0 Å². The van der Waals surface area contributed by atoms with Gasteiger partial charge in [-0.3, -0.25) is 0 Å². The second-order valence-corrected chi connectivity index (χ2v) is 5.60. The van der Waals surface area contributed by atoms with Gasteiger partial charge in [0.2, 0.25) is 0 Å². The summed E-state index contributed by atoms with van der Waals surface area (Å²) in [6.45, 7) is 6.64. The monoisotopic (exact) mass is 257 g/mol. The van der Waals surface area contributed by atoms with Crippen molar-refractivity contribution >= 4 is 11.0 Å². The van der Waals surface area contributed by atoms with Gasteiger partial charge in [-0.25, -0.2) is 4.98 Å². The summed E-state index contributed by atoms with van der Waals surface area (Å²) in [5, 5.41) is 3.71. The minimum absolute atomic E-state index is 0.272. The highest BCUT2D eigenvalue weighted by Gasteiger charge is 2.33. The molecule has 19 heavy (non-hydrogen) atoms. The molecule has 3 heteroatoms. The molecule has 3 rings (SSSR count). The fourth-order valence-corrected chi connectivity index (χ4v) is 3.36. The third-order valence-corrected chi connectivity index (χ3v) is 4.56. The number of nitrogens with zero attached hydrogens (tertiary/aromatic N) is 2. The van der Waals surface area contributed by atoms with Crippen LogP contribution in [0.1, 0.15) is 38.9 Å². The molecule has 1 N–H and O–H groups in total. The van der Waals surface area contributed by atoms with Crippen LogP contribution in [-0.2, 0) is 13.0 Å². The minimum atomic E-state index is 0.272. The van der Waals surface area contributed by atoms with Gasteiger partial charge in [-0.05, 0) is 44.9 Å². The molecule has 0 spiro atoms. The van der Waals surface area contributed by atoms with Crippen molar-refractivity contribution in [3.05, 3.63) is 30.1 Å². The van der Waals surface area contributed by atoms with Crippen molar-refractivity contribution in [2.24, 2.45) is 0 Å². The van der Waals surface area contributed by atoms with E-state index in [0.717, 1.165) is 25.0 Å². The van der Waals surface area contributed by atoms with Crippen molar-refractivity contribution in [2.75, 3.05) is 6.54 Å². The second kappa shape index (κ2) is 4.97. The van der Waals surface area contributed by atoms with Gasteiger partial charge in [0.15, 0.2) is 0 Å². The van der Waals surface area contributed by atoms with Crippen LogP contribution in [0, 0.1) is 0 Å². The summed E-state index contributed by atoms with van der Waals surface area (Å²) in [6, 6.07) is 8.47. The van der Waals surface area contributed by atoms with Crippen molar-refractivity contribution in [3.63, 3.8) is 0 Å². The number of hydrogen-bond acceptors (Lipinski definition) is 2. The Bertz CT molecular complexity index is 564. The standard InChI is InChI=1S/C16H23N3/c1-3-16(10-7-11-17-16)12-15-18-13-8-5-6-9-14(13)19(15)4-2/h5-6,8-9,17H,3-4,7,10-12H2,1-2H3. The molecule has 0 bridgehead atoms. The lowest BCUT2D eigenvalue weighted by Gasteiger charge is -2.28. The number of nitrogens with one attached hydrogen (secondary N) is 1. The van der Waals surface area contributed by atoms with Crippen LogP contribution >= 0.6 is 0 Å². The summed E-state index contributed by atoms with van der Waals surface area (Å²) in [5.74, 6) is 1.24. The molecular weight excluding hydrogens is 234 g/mol. The van der Waals surface area contributed by atoms with E-state index in [0.29, 0.717) is 0 Å². The lowest BCUT2D eigenvalue weighted by atomic mass is 9.90. The number of rotatable bonds is 4. The topological polar surface area (TPSA) is 29.9 Å². The van der Waals surface area contributed by atoms with E-state index >= 15 is 0 Å². The predicted octanol–water partition coefficient (Wildman–Crippen LogP) is 3.13. The SMILES string of the molecule is CCn1c(CC2(CC)CCCN2)nc2ccccc21. The summed E-state index contributed by atoms with van der Waals surface area (Å²) in [6.07, 6.45) is 4.79. The van der Waals surface area contributed by atoms with Crippen LogP contribution in [0.3, 0.4) is 0 Å². The zero-order chi connectivity index (χ0) is 13.3. The average molecular weight is 257 g/mol. The zero-order valence-corrected chi connectivity index (χ0v) is 11.9. The second-order valence-electron chi connectivity index (χ2n) is 5.60. The number of benzene rings is 1. The van der Waals surface area contributed by atoms with Gasteiger partial charge in [-0.2, -0.15) is 0 Å². The highest BCUT2D eigenvalue weighted by molar-refractivity contribution is 5.75. The van der Waals surface area contributed by atoms with Gasteiger partial charge in [-0.1, -0.05) is 19.1 Å². The van der Waals surface area contributed by atoms with Crippen molar-refractivity contribution in [1.29, 1.82) is 0 Å². The highest BCUT2D eigenvalue weighted by Crippen LogP contribution is 2.28. The van der Waals surface area contributed by atoms with Gasteiger partial charge >= 0.3 is 0 Å². The molecule has 1 unspecified atom stereocenters. The van der Waals surface area contributed by atoms with Crippen LogP contribution in [0.15, 0.2) is 24.3 Å². The molecular formula is C16H23N3. The lowest BCUT2D eigenvalue weighted by Crippen LogP contribution is -2.41. The predicted molar refractivity (Wildman–Crippen MR) is 79.4 cm³/mol. The zero-order valence-electron chi connectivity index (χ0n) is 11.9. The fraction of sp³-hybridized carbons (Fsp3) is 0.562. The van der Waals surface area contributed by atoms with Crippen molar-refractivity contribution in [3.8, 4) is 0 Å². The Balaban J connectivity index is 2.00. The first-order valence-electron chi connectivity index (χ1n) is 7.47. The Morgan fingerprint density at radius 1 is 1.32 bits per heavy atom. The highest BCUT2D eigenvalue weighted by atomic mass is 15.1. The van der Waals surface area contributed by atoms with Crippen LogP contribution in [-0.4, -0.2) is 21.6 Å². The van der Waals surface area contributed by atoms with Gasteiger partial charge in [0.05, 0.1) is 11.0 Å². The van der Waals surface area contributed by atoms with E-state index in [1.165, 1.54) is 30.6 Å². The molecule has 0 radical (unpaired) electrons. The quantitative estimate of drug-likeness (QED) is 0.912. The average Bonchev–Trinajstić information content (AvgIpc) is 3.03. The Hall–Kier alpha value is -1.35. The molecule has 0 aliphatic carbocycles. The normalized spacial score (nSPS) is 23.3. The Morgan fingerprint density at radius 2 is 2.16 bits per heavy atom. The maximum Gasteiger partial charge on any atom is 0.111 e. The van der Waals surface area contributed by atoms with Crippen LogP contribution in [0.5, 0.6) is 0 Å². The number of para-hydroxylation sites is 2. The number of aryl methyl sites for hydroxylation is 1. The first-order chi connectivity index (χ1) is 9.28. The molecule has 1 aromatic heterocycles. The van der Waals surface area contributed by atoms with Crippen molar-refractivity contribution < 1.29 is 0 Å². The maximum atomic E-state index is 4.86. The number of imidazole rings is 1. The molecule has 2 heterocycles. The third kappa shape index (κ3) is 2.16. The van der Waals surface area contributed by atoms with Gasteiger partial charge in [-0.15, -0.1) is 0 Å². The van der Waals surface area contributed by atoms with Gasteiger partial charge < -0.3 is 9.88 Å². The van der Waals surface area contributed by atoms with Crippen molar-refractivity contribution in [2.45, 2.75) is 51.6 Å². The first kappa shape index (κ1) is 12.7. The van der Waals surface area contributed by atoms with Gasteiger partial charge in [0.1, 0.15) is 5.82 Å². The molecule has 1 aliphatic heterocycles. The largest absolute Gasteiger partial charge is 0.328 e. The van der Waals surface area contributed by atoms with E-state index in [1.54, 1.807) is 0 Å².